The maximum Gasteiger partial charge on any atom is 0.330 e. The summed E-state index contributed by atoms with van der Waals surface area (Å²) in [4.78, 5) is 38.1. The maximum absolute atomic E-state index is 12.5. The minimum absolute atomic E-state index is 0.147. The summed E-state index contributed by atoms with van der Waals surface area (Å²) < 4.78 is 5.23. The molecule has 3 rings (SSSR count). The molecule has 0 fully saturated rings. The van der Waals surface area contributed by atoms with E-state index in [0.29, 0.717) is 17.2 Å². The number of carbonyl (C=O) groups excluding carboxylic acids is 3. The molecule has 2 aromatic heterocycles. The third kappa shape index (κ3) is 5.57. The van der Waals surface area contributed by atoms with E-state index in [0.717, 1.165) is 20.8 Å². The average molecular weight is 427 g/mol. The van der Waals surface area contributed by atoms with Crippen LogP contribution in [-0.4, -0.2) is 44.0 Å². The van der Waals surface area contributed by atoms with E-state index >= 15 is 0 Å². The Hall–Kier alpha value is -3.40. The van der Waals surface area contributed by atoms with Crippen LogP contribution in [0.5, 0.6) is 0 Å². The van der Waals surface area contributed by atoms with E-state index in [1.807, 2.05) is 31.2 Å². The number of tetrazole rings is 1. The first-order valence-corrected chi connectivity index (χ1v) is 10.0. The molecule has 0 aliphatic carbocycles. The molecule has 1 N–H and O–H groups in total. The number of amides is 1. The van der Waals surface area contributed by atoms with E-state index in [1.165, 1.54) is 25.2 Å². The van der Waals surface area contributed by atoms with Gasteiger partial charge in [-0.05, 0) is 31.2 Å². The first kappa shape index (κ1) is 21.3. The number of ketones is 1. The fourth-order valence-electron chi connectivity index (χ4n) is 2.55. The van der Waals surface area contributed by atoms with Crippen LogP contribution >= 0.6 is 11.3 Å². The molecule has 3 aromatic rings. The highest BCUT2D eigenvalue weighted by atomic mass is 32.1. The van der Waals surface area contributed by atoms with Crippen molar-refractivity contribution < 1.29 is 19.1 Å². The Morgan fingerprint density at radius 3 is 2.60 bits per heavy atom. The molecular weight excluding hydrogens is 406 g/mol. The highest BCUT2D eigenvalue weighted by Crippen LogP contribution is 2.19. The number of rotatable bonds is 8. The van der Waals surface area contributed by atoms with Gasteiger partial charge in [0.25, 0.3) is 0 Å². The molecule has 0 spiro atoms. The molecule has 1 aromatic carbocycles. The number of esters is 1. The molecule has 30 heavy (non-hydrogen) atoms. The van der Waals surface area contributed by atoms with Crippen LogP contribution in [0, 0.1) is 6.92 Å². The number of hydrogen-bond donors (Lipinski definition) is 1. The zero-order valence-electron chi connectivity index (χ0n) is 16.8. The Kier molecular flexibility index (Phi) is 6.68. The van der Waals surface area contributed by atoms with E-state index < -0.39 is 12.1 Å². The van der Waals surface area contributed by atoms with Gasteiger partial charge in [0.2, 0.25) is 17.5 Å². The normalized spacial score (nSPS) is 11.7. The SMILES string of the molecule is CC(=O)NCc1ccc(C(=O)C(C)OC(=O)Cn2nnc(-c3ccc(C)cc3)n2)s1. The van der Waals surface area contributed by atoms with Gasteiger partial charge in [-0.25, -0.2) is 4.79 Å². The van der Waals surface area contributed by atoms with Gasteiger partial charge in [-0.1, -0.05) is 29.8 Å². The van der Waals surface area contributed by atoms with E-state index in [9.17, 15) is 14.4 Å². The molecule has 0 saturated heterocycles. The molecule has 9 nitrogen and oxygen atoms in total. The minimum Gasteiger partial charge on any atom is -0.453 e. The number of carbonyl (C=O) groups is 3. The Morgan fingerprint density at radius 2 is 1.90 bits per heavy atom. The number of hydrogen-bond acceptors (Lipinski definition) is 8. The lowest BCUT2D eigenvalue weighted by molar-refractivity contribution is -0.147. The second-order valence-electron chi connectivity index (χ2n) is 6.68. The fraction of sp³-hybridized carbons (Fsp3) is 0.300. The summed E-state index contributed by atoms with van der Waals surface area (Å²) in [6.07, 6.45) is -0.954. The molecule has 2 heterocycles. The van der Waals surface area contributed by atoms with E-state index in [-0.39, 0.29) is 18.2 Å². The molecule has 0 aliphatic heterocycles. The number of benzene rings is 1. The second kappa shape index (κ2) is 9.40. The zero-order valence-corrected chi connectivity index (χ0v) is 17.6. The highest BCUT2D eigenvalue weighted by molar-refractivity contribution is 7.14. The Balaban J connectivity index is 1.55. The lowest BCUT2D eigenvalue weighted by Crippen LogP contribution is -2.26. The van der Waals surface area contributed by atoms with Gasteiger partial charge in [0, 0.05) is 17.4 Å². The number of nitrogens with zero attached hydrogens (tertiary/aromatic N) is 4. The third-order valence-corrected chi connectivity index (χ3v) is 5.23. The van der Waals surface area contributed by atoms with Gasteiger partial charge < -0.3 is 10.1 Å². The van der Waals surface area contributed by atoms with Crippen molar-refractivity contribution in [2.45, 2.75) is 40.0 Å². The van der Waals surface area contributed by atoms with Crippen molar-refractivity contribution in [2.75, 3.05) is 0 Å². The van der Waals surface area contributed by atoms with Crippen molar-refractivity contribution in [3.63, 3.8) is 0 Å². The zero-order chi connectivity index (χ0) is 21.7. The van der Waals surface area contributed by atoms with Crippen LogP contribution in [0.1, 0.15) is 34.0 Å². The Morgan fingerprint density at radius 1 is 1.17 bits per heavy atom. The van der Waals surface area contributed by atoms with Crippen LogP contribution in [-0.2, 0) is 27.4 Å². The van der Waals surface area contributed by atoms with Crippen LogP contribution < -0.4 is 5.32 Å². The van der Waals surface area contributed by atoms with Crippen molar-refractivity contribution in [3.8, 4) is 11.4 Å². The van der Waals surface area contributed by atoms with Crippen LogP contribution in [0.4, 0.5) is 0 Å². The van der Waals surface area contributed by atoms with Crippen LogP contribution in [0.2, 0.25) is 0 Å². The summed E-state index contributed by atoms with van der Waals surface area (Å²) in [5, 5.41) is 14.6. The van der Waals surface area contributed by atoms with Gasteiger partial charge in [0.1, 0.15) is 0 Å². The molecule has 0 radical (unpaired) electrons. The number of ether oxygens (including phenoxy) is 1. The molecule has 0 aliphatic rings. The number of thiophene rings is 1. The topological polar surface area (TPSA) is 116 Å². The largest absolute Gasteiger partial charge is 0.453 e. The number of aryl methyl sites for hydroxylation is 1. The standard InChI is InChI=1S/C20H21N5O4S/c1-12-4-6-15(7-5-12)20-22-24-25(23-20)11-18(27)29-13(2)19(28)17-9-8-16(30-17)10-21-14(3)26/h4-9,13H,10-11H2,1-3H3,(H,21,26). The van der Waals surface area contributed by atoms with Gasteiger partial charge in [-0.3, -0.25) is 9.59 Å². The van der Waals surface area contributed by atoms with E-state index in [2.05, 4.69) is 20.7 Å². The van der Waals surface area contributed by atoms with E-state index in [1.54, 1.807) is 12.1 Å². The minimum atomic E-state index is -0.954. The summed E-state index contributed by atoms with van der Waals surface area (Å²) in [7, 11) is 0. The van der Waals surface area contributed by atoms with Crippen molar-refractivity contribution in [3.05, 3.63) is 51.7 Å². The first-order valence-electron chi connectivity index (χ1n) is 9.23. The van der Waals surface area contributed by atoms with Crippen LogP contribution in [0.25, 0.3) is 11.4 Å². The summed E-state index contributed by atoms with van der Waals surface area (Å²) in [5.41, 5.74) is 1.90. The Bertz CT molecular complexity index is 1060. The number of Topliss-reactive ketones (excluding diaryl/α,β-unsaturated/α-hetero) is 1. The van der Waals surface area contributed by atoms with Gasteiger partial charge >= 0.3 is 5.97 Å². The van der Waals surface area contributed by atoms with Gasteiger partial charge in [0.05, 0.1) is 11.4 Å². The van der Waals surface area contributed by atoms with Crippen molar-refractivity contribution in [1.29, 1.82) is 0 Å². The molecular formula is C20H21N5O4S. The first-order chi connectivity index (χ1) is 14.3. The van der Waals surface area contributed by atoms with Crippen molar-refractivity contribution in [2.24, 2.45) is 0 Å². The van der Waals surface area contributed by atoms with Crippen molar-refractivity contribution in [1.82, 2.24) is 25.5 Å². The predicted molar refractivity (Wildman–Crippen MR) is 110 cm³/mol. The molecule has 10 heteroatoms. The highest BCUT2D eigenvalue weighted by Gasteiger charge is 2.22. The maximum atomic E-state index is 12.5. The predicted octanol–water partition coefficient (Wildman–Crippen LogP) is 2.16. The lowest BCUT2D eigenvalue weighted by atomic mass is 10.1. The summed E-state index contributed by atoms with van der Waals surface area (Å²) >= 11 is 1.25. The quantitative estimate of drug-likeness (QED) is 0.432. The molecule has 1 unspecified atom stereocenters. The summed E-state index contributed by atoms with van der Waals surface area (Å²) in [6, 6.07) is 11.0. The molecule has 1 amide bonds. The summed E-state index contributed by atoms with van der Waals surface area (Å²) in [5.74, 6) is -0.698. The Labute approximate surface area is 177 Å². The van der Waals surface area contributed by atoms with Crippen molar-refractivity contribution >= 4 is 29.0 Å². The third-order valence-electron chi connectivity index (χ3n) is 4.13. The monoisotopic (exact) mass is 427 g/mol. The lowest BCUT2D eigenvalue weighted by Gasteiger charge is -2.10. The number of nitrogens with one attached hydrogen (secondary N) is 1. The molecule has 156 valence electrons. The number of aromatic nitrogens is 4. The van der Waals surface area contributed by atoms with Crippen LogP contribution in [0.3, 0.4) is 0 Å². The average Bonchev–Trinajstić information content (AvgIpc) is 3.36. The van der Waals surface area contributed by atoms with Crippen LogP contribution in [0.15, 0.2) is 36.4 Å². The molecule has 0 saturated carbocycles. The second-order valence-corrected chi connectivity index (χ2v) is 7.85. The fourth-order valence-corrected chi connectivity index (χ4v) is 3.51. The van der Waals surface area contributed by atoms with Gasteiger partial charge in [0.15, 0.2) is 12.6 Å². The van der Waals surface area contributed by atoms with Gasteiger partial charge in [-0.2, -0.15) is 4.80 Å². The summed E-state index contributed by atoms with van der Waals surface area (Å²) in [6.45, 7) is 5.01. The van der Waals surface area contributed by atoms with E-state index in [4.69, 9.17) is 4.74 Å². The molecule has 1 atom stereocenters. The van der Waals surface area contributed by atoms with Gasteiger partial charge in [-0.15, -0.1) is 21.5 Å². The smallest absolute Gasteiger partial charge is 0.330 e. The molecule has 0 bridgehead atoms.